The molecule has 1 aliphatic rings. The Labute approximate surface area is 89.0 Å². The summed E-state index contributed by atoms with van der Waals surface area (Å²) in [5, 5.41) is 7.47. The van der Waals surface area contributed by atoms with Crippen molar-refractivity contribution in [1.29, 1.82) is 0 Å². The Morgan fingerprint density at radius 3 is 2.29 bits per heavy atom. The highest BCUT2D eigenvalue weighted by Crippen LogP contribution is 2.16. The predicted molar refractivity (Wildman–Crippen MR) is 59.3 cm³/mol. The lowest BCUT2D eigenvalue weighted by atomic mass is 10.1. The zero-order valence-corrected chi connectivity index (χ0v) is 8.64. The lowest BCUT2D eigenvalue weighted by Gasteiger charge is -2.26. The molecule has 0 unspecified atom stereocenters. The van der Waals surface area contributed by atoms with Crippen molar-refractivity contribution >= 4 is 11.6 Å². The Bertz CT molecular complexity index is 322. The summed E-state index contributed by atoms with van der Waals surface area (Å²) in [6.45, 7) is 5.66. The molecule has 1 heterocycles. The van der Waals surface area contributed by atoms with E-state index in [4.69, 9.17) is 11.6 Å². The van der Waals surface area contributed by atoms with E-state index >= 15 is 0 Å². The lowest BCUT2D eigenvalue weighted by molar-refractivity contribution is 0.431. The van der Waals surface area contributed by atoms with Gasteiger partial charge in [0.25, 0.3) is 0 Å². The number of benzene rings is 1. The van der Waals surface area contributed by atoms with E-state index in [9.17, 15) is 0 Å². The number of hydrogen-bond acceptors (Lipinski definition) is 2. The number of nitrogens with one attached hydrogen (secondary N) is 2. The molecule has 0 spiro atoms. The van der Waals surface area contributed by atoms with E-state index in [0.29, 0.717) is 0 Å². The minimum absolute atomic E-state index is 0.220. The van der Waals surface area contributed by atoms with E-state index in [1.54, 1.807) is 0 Å². The van der Waals surface area contributed by atoms with E-state index in [2.05, 4.69) is 17.2 Å². The molecule has 2 nitrogen and oxygen atoms in total. The van der Waals surface area contributed by atoms with Gasteiger partial charge in [0.05, 0.1) is 6.17 Å². The highest BCUT2D eigenvalue weighted by atomic mass is 35.5. The van der Waals surface area contributed by atoms with Crippen LogP contribution in [0.25, 0.3) is 0 Å². The molecule has 1 aromatic rings. The minimum atomic E-state index is 0.220. The van der Waals surface area contributed by atoms with Gasteiger partial charge in [0.1, 0.15) is 0 Å². The Balaban J connectivity index is 2.08. The van der Waals surface area contributed by atoms with Crippen molar-refractivity contribution in [2.45, 2.75) is 6.17 Å². The van der Waals surface area contributed by atoms with Gasteiger partial charge in [0.15, 0.2) is 0 Å². The molecule has 0 atom stereocenters. The maximum absolute atomic E-state index is 5.82. The highest BCUT2D eigenvalue weighted by Gasteiger charge is 2.14. The first-order chi connectivity index (χ1) is 6.75. The molecule has 1 aliphatic heterocycles. The molecule has 3 heteroatoms. The van der Waals surface area contributed by atoms with Crippen LogP contribution in [0.15, 0.2) is 36.4 Å². The third kappa shape index (κ3) is 2.15. The van der Waals surface area contributed by atoms with E-state index in [1.807, 2.05) is 24.3 Å². The maximum Gasteiger partial charge on any atom is 0.0840 e. The first kappa shape index (κ1) is 9.71. The van der Waals surface area contributed by atoms with Crippen LogP contribution in [0.3, 0.4) is 0 Å². The predicted octanol–water partition coefficient (Wildman–Crippen LogP) is 2.09. The summed E-state index contributed by atoms with van der Waals surface area (Å²) in [5.41, 5.74) is 2.40. The summed E-state index contributed by atoms with van der Waals surface area (Å²) in [6.07, 6.45) is 0.220. The molecule has 74 valence electrons. The molecule has 1 aromatic carbocycles. The van der Waals surface area contributed by atoms with Gasteiger partial charge in [-0.1, -0.05) is 30.3 Å². The summed E-state index contributed by atoms with van der Waals surface area (Å²) in [6, 6.07) is 7.87. The number of halogens is 1. The SMILES string of the molecule is C=C1CNC(c2ccc(Cl)cc2)NC1. The van der Waals surface area contributed by atoms with Gasteiger partial charge in [-0.05, 0) is 23.3 Å². The summed E-state index contributed by atoms with van der Waals surface area (Å²) in [5.74, 6) is 0. The molecule has 0 saturated carbocycles. The van der Waals surface area contributed by atoms with Gasteiger partial charge >= 0.3 is 0 Å². The van der Waals surface area contributed by atoms with Gasteiger partial charge in [-0.15, -0.1) is 0 Å². The van der Waals surface area contributed by atoms with Crippen molar-refractivity contribution < 1.29 is 0 Å². The molecule has 1 fully saturated rings. The van der Waals surface area contributed by atoms with Crippen LogP contribution in [0, 0.1) is 0 Å². The van der Waals surface area contributed by atoms with Gasteiger partial charge in [-0.2, -0.15) is 0 Å². The third-order valence-corrected chi connectivity index (χ3v) is 2.57. The Morgan fingerprint density at radius 1 is 1.14 bits per heavy atom. The van der Waals surface area contributed by atoms with E-state index in [0.717, 1.165) is 18.1 Å². The van der Waals surface area contributed by atoms with Crippen molar-refractivity contribution in [3.63, 3.8) is 0 Å². The quantitative estimate of drug-likeness (QED) is 0.691. The van der Waals surface area contributed by atoms with Gasteiger partial charge < -0.3 is 0 Å². The van der Waals surface area contributed by atoms with E-state index in [1.165, 1.54) is 11.1 Å². The average Bonchev–Trinajstić information content (AvgIpc) is 2.21. The zero-order chi connectivity index (χ0) is 9.97. The van der Waals surface area contributed by atoms with E-state index < -0.39 is 0 Å². The lowest BCUT2D eigenvalue weighted by Crippen LogP contribution is -2.42. The normalized spacial score (nSPS) is 18.5. The molecule has 14 heavy (non-hydrogen) atoms. The summed E-state index contributed by atoms with van der Waals surface area (Å²) in [4.78, 5) is 0. The van der Waals surface area contributed by atoms with Gasteiger partial charge in [0.2, 0.25) is 0 Å². The highest BCUT2D eigenvalue weighted by molar-refractivity contribution is 6.30. The molecule has 0 aromatic heterocycles. The van der Waals surface area contributed by atoms with Gasteiger partial charge in [0, 0.05) is 18.1 Å². The van der Waals surface area contributed by atoms with Crippen molar-refractivity contribution in [3.8, 4) is 0 Å². The average molecular weight is 209 g/mol. The molecular weight excluding hydrogens is 196 g/mol. The first-order valence-corrected chi connectivity index (χ1v) is 5.02. The fraction of sp³-hybridized carbons (Fsp3) is 0.273. The van der Waals surface area contributed by atoms with Crippen LogP contribution in [0.4, 0.5) is 0 Å². The Hall–Kier alpha value is -0.830. The van der Waals surface area contributed by atoms with E-state index in [-0.39, 0.29) is 6.17 Å². The largest absolute Gasteiger partial charge is 0.294 e. The zero-order valence-electron chi connectivity index (χ0n) is 7.89. The maximum atomic E-state index is 5.82. The summed E-state index contributed by atoms with van der Waals surface area (Å²) < 4.78 is 0. The second kappa shape index (κ2) is 4.13. The van der Waals surface area contributed by atoms with Gasteiger partial charge in [-0.3, -0.25) is 10.6 Å². The van der Waals surface area contributed by atoms with Crippen LogP contribution in [-0.4, -0.2) is 13.1 Å². The number of rotatable bonds is 1. The van der Waals surface area contributed by atoms with Crippen LogP contribution in [0.2, 0.25) is 5.02 Å². The van der Waals surface area contributed by atoms with Crippen molar-refractivity contribution in [1.82, 2.24) is 10.6 Å². The molecule has 0 bridgehead atoms. The van der Waals surface area contributed by atoms with Crippen LogP contribution in [-0.2, 0) is 0 Å². The molecular formula is C11H13ClN2. The first-order valence-electron chi connectivity index (χ1n) is 4.64. The molecule has 2 rings (SSSR count). The fourth-order valence-electron chi connectivity index (χ4n) is 1.52. The fourth-order valence-corrected chi connectivity index (χ4v) is 1.64. The molecule has 0 amide bonds. The van der Waals surface area contributed by atoms with Crippen LogP contribution >= 0.6 is 11.6 Å². The Morgan fingerprint density at radius 2 is 1.71 bits per heavy atom. The van der Waals surface area contributed by atoms with Crippen molar-refractivity contribution in [2.75, 3.05) is 13.1 Å². The smallest absolute Gasteiger partial charge is 0.0840 e. The van der Waals surface area contributed by atoms with Crippen LogP contribution in [0.5, 0.6) is 0 Å². The van der Waals surface area contributed by atoms with Crippen molar-refractivity contribution in [2.24, 2.45) is 0 Å². The summed E-state index contributed by atoms with van der Waals surface area (Å²) in [7, 11) is 0. The second-order valence-electron chi connectivity index (χ2n) is 3.50. The standard InChI is InChI=1S/C11H13ClN2/c1-8-6-13-11(14-7-8)9-2-4-10(12)5-3-9/h2-5,11,13-14H,1,6-7H2. The molecule has 0 aliphatic carbocycles. The third-order valence-electron chi connectivity index (χ3n) is 2.32. The van der Waals surface area contributed by atoms with Crippen molar-refractivity contribution in [3.05, 3.63) is 47.0 Å². The molecule has 2 N–H and O–H groups in total. The molecule has 1 saturated heterocycles. The molecule has 0 radical (unpaired) electrons. The van der Waals surface area contributed by atoms with Crippen LogP contribution in [0.1, 0.15) is 11.7 Å². The van der Waals surface area contributed by atoms with Crippen LogP contribution < -0.4 is 10.6 Å². The minimum Gasteiger partial charge on any atom is -0.294 e. The number of hydrogen-bond donors (Lipinski definition) is 2. The topological polar surface area (TPSA) is 24.1 Å². The Kier molecular flexibility index (Phi) is 2.87. The summed E-state index contributed by atoms with van der Waals surface area (Å²) >= 11 is 5.82. The van der Waals surface area contributed by atoms with Gasteiger partial charge in [-0.25, -0.2) is 0 Å². The monoisotopic (exact) mass is 208 g/mol. The second-order valence-corrected chi connectivity index (χ2v) is 3.93.